The summed E-state index contributed by atoms with van der Waals surface area (Å²) in [7, 11) is 0. The van der Waals surface area contributed by atoms with Crippen molar-refractivity contribution in [3.05, 3.63) is 69.5 Å². The number of H-pyrrole nitrogens is 1. The summed E-state index contributed by atoms with van der Waals surface area (Å²) >= 11 is 0. The van der Waals surface area contributed by atoms with E-state index in [9.17, 15) is 9.59 Å². The number of pyridine rings is 1. The maximum Gasteiger partial charge on any atom is 0.253 e. The van der Waals surface area contributed by atoms with Crippen LogP contribution in [0.4, 0.5) is 0 Å². The van der Waals surface area contributed by atoms with Crippen LogP contribution in [0.25, 0.3) is 17.2 Å². The molecule has 122 valence electrons. The highest BCUT2D eigenvalue weighted by Gasteiger charge is 2.07. The molecule has 2 heterocycles. The second kappa shape index (κ2) is 6.54. The largest absolute Gasteiger partial charge is 0.437 e. The summed E-state index contributed by atoms with van der Waals surface area (Å²) in [5.41, 5.74) is 3.40. The Labute approximate surface area is 138 Å². The van der Waals surface area contributed by atoms with E-state index in [0.29, 0.717) is 17.0 Å². The Morgan fingerprint density at radius 2 is 2.12 bits per heavy atom. The summed E-state index contributed by atoms with van der Waals surface area (Å²) in [4.78, 5) is 30.8. The van der Waals surface area contributed by atoms with E-state index in [2.05, 4.69) is 15.3 Å². The van der Waals surface area contributed by atoms with Gasteiger partial charge in [-0.25, -0.2) is 4.98 Å². The van der Waals surface area contributed by atoms with Gasteiger partial charge in [-0.15, -0.1) is 0 Å². The number of hydrogen-bond donors (Lipinski definition) is 2. The van der Waals surface area contributed by atoms with Crippen LogP contribution in [0.2, 0.25) is 0 Å². The van der Waals surface area contributed by atoms with E-state index < -0.39 is 0 Å². The number of oxazole rings is 1. The molecule has 0 saturated carbocycles. The normalized spacial score (nSPS) is 11.2. The Bertz CT molecular complexity index is 950. The van der Waals surface area contributed by atoms with Gasteiger partial charge in [0.2, 0.25) is 11.8 Å². The van der Waals surface area contributed by atoms with Gasteiger partial charge < -0.3 is 14.7 Å². The summed E-state index contributed by atoms with van der Waals surface area (Å²) < 4.78 is 5.50. The standard InChI is InChI=1S/C18H17N3O3/c1-11-9-12(2)20-18(23)13(11)10-19-16(22)7-8-17-21-14-5-3-4-6-15(14)24-17/h3-9H,10H2,1-2H3,(H,19,22)(H,20,23). The average molecular weight is 323 g/mol. The van der Waals surface area contributed by atoms with Crippen LogP contribution < -0.4 is 10.9 Å². The lowest BCUT2D eigenvalue weighted by molar-refractivity contribution is -0.116. The topological polar surface area (TPSA) is 88.0 Å². The van der Waals surface area contributed by atoms with Crippen LogP contribution in [0.5, 0.6) is 0 Å². The Balaban J connectivity index is 1.66. The Morgan fingerprint density at radius 1 is 1.33 bits per heavy atom. The number of rotatable bonds is 4. The van der Waals surface area contributed by atoms with Crippen molar-refractivity contribution >= 4 is 23.1 Å². The van der Waals surface area contributed by atoms with E-state index in [1.54, 1.807) is 0 Å². The quantitative estimate of drug-likeness (QED) is 0.722. The summed E-state index contributed by atoms with van der Waals surface area (Å²) in [6.45, 7) is 3.83. The number of benzene rings is 1. The van der Waals surface area contributed by atoms with Crippen molar-refractivity contribution in [1.82, 2.24) is 15.3 Å². The lowest BCUT2D eigenvalue weighted by atomic mass is 10.1. The van der Waals surface area contributed by atoms with Gasteiger partial charge in [-0.2, -0.15) is 0 Å². The Morgan fingerprint density at radius 3 is 2.88 bits per heavy atom. The van der Waals surface area contributed by atoms with Gasteiger partial charge in [-0.1, -0.05) is 12.1 Å². The molecule has 0 aliphatic heterocycles. The van der Waals surface area contributed by atoms with Crippen molar-refractivity contribution in [2.45, 2.75) is 20.4 Å². The molecule has 0 saturated heterocycles. The summed E-state index contributed by atoms with van der Waals surface area (Å²) in [5.74, 6) is 0.0346. The van der Waals surface area contributed by atoms with Gasteiger partial charge in [-0.3, -0.25) is 9.59 Å². The maximum absolute atomic E-state index is 11.9. The van der Waals surface area contributed by atoms with Crippen molar-refractivity contribution in [2.24, 2.45) is 0 Å². The number of aryl methyl sites for hydroxylation is 2. The average Bonchev–Trinajstić information content (AvgIpc) is 2.94. The molecule has 6 heteroatoms. The molecule has 1 aromatic carbocycles. The van der Waals surface area contributed by atoms with Crippen LogP contribution >= 0.6 is 0 Å². The molecule has 3 rings (SSSR count). The zero-order valence-corrected chi connectivity index (χ0v) is 13.4. The highest BCUT2D eigenvalue weighted by atomic mass is 16.3. The molecule has 0 aliphatic rings. The number of aromatic nitrogens is 2. The van der Waals surface area contributed by atoms with Crippen LogP contribution in [-0.2, 0) is 11.3 Å². The smallest absolute Gasteiger partial charge is 0.253 e. The minimum atomic E-state index is -0.323. The van der Waals surface area contributed by atoms with Gasteiger partial charge in [0.05, 0.1) is 0 Å². The second-order valence-corrected chi connectivity index (χ2v) is 5.51. The van der Waals surface area contributed by atoms with Gasteiger partial charge in [0.25, 0.3) is 5.56 Å². The molecule has 0 spiro atoms. The lowest BCUT2D eigenvalue weighted by Gasteiger charge is -2.06. The van der Waals surface area contributed by atoms with E-state index in [0.717, 1.165) is 16.8 Å². The van der Waals surface area contributed by atoms with Crippen molar-refractivity contribution in [2.75, 3.05) is 0 Å². The summed E-state index contributed by atoms with van der Waals surface area (Å²) in [6.07, 6.45) is 2.84. The van der Waals surface area contributed by atoms with Crippen LogP contribution in [0.1, 0.15) is 22.7 Å². The first-order valence-electron chi connectivity index (χ1n) is 7.54. The van der Waals surface area contributed by atoms with Gasteiger partial charge in [0.1, 0.15) is 5.52 Å². The molecule has 2 aromatic heterocycles. The molecule has 1 amide bonds. The van der Waals surface area contributed by atoms with Gasteiger partial charge in [-0.05, 0) is 37.6 Å². The molecule has 3 aromatic rings. The van der Waals surface area contributed by atoms with Crippen LogP contribution in [0.3, 0.4) is 0 Å². The van der Waals surface area contributed by atoms with Crippen LogP contribution in [0.15, 0.2) is 45.6 Å². The lowest BCUT2D eigenvalue weighted by Crippen LogP contribution is -2.26. The number of carbonyl (C=O) groups excluding carboxylic acids is 1. The third kappa shape index (κ3) is 3.43. The highest BCUT2D eigenvalue weighted by molar-refractivity contribution is 5.91. The monoisotopic (exact) mass is 323 g/mol. The van der Waals surface area contributed by atoms with Crippen molar-refractivity contribution < 1.29 is 9.21 Å². The molecule has 0 unspecified atom stereocenters. The number of nitrogens with zero attached hydrogens (tertiary/aromatic N) is 1. The summed E-state index contributed by atoms with van der Waals surface area (Å²) in [6, 6.07) is 9.24. The van der Waals surface area contributed by atoms with Gasteiger partial charge >= 0.3 is 0 Å². The number of hydrogen-bond acceptors (Lipinski definition) is 4. The number of para-hydroxylation sites is 2. The fraction of sp³-hybridized carbons (Fsp3) is 0.167. The third-order valence-corrected chi connectivity index (χ3v) is 3.62. The number of nitrogens with one attached hydrogen (secondary N) is 2. The van der Waals surface area contributed by atoms with E-state index in [4.69, 9.17) is 4.42 Å². The predicted molar refractivity (Wildman–Crippen MR) is 91.4 cm³/mol. The molecule has 0 radical (unpaired) electrons. The van der Waals surface area contributed by atoms with E-state index in [-0.39, 0.29) is 18.0 Å². The van der Waals surface area contributed by atoms with E-state index in [1.807, 2.05) is 44.2 Å². The molecule has 24 heavy (non-hydrogen) atoms. The number of fused-ring (bicyclic) bond motifs is 1. The molecule has 2 N–H and O–H groups in total. The molecule has 0 fully saturated rings. The molecular formula is C18H17N3O3. The first kappa shape index (κ1) is 15.7. The van der Waals surface area contributed by atoms with Crippen molar-refractivity contribution in [3.8, 4) is 0 Å². The summed E-state index contributed by atoms with van der Waals surface area (Å²) in [5, 5.41) is 2.69. The zero-order chi connectivity index (χ0) is 17.1. The number of amides is 1. The molecule has 6 nitrogen and oxygen atoms in total. The SMILES string of the molecule is Cc1cc(C)c(CNC(=O)C=Cc2nc3ccccc3o2)c(=O)[nH]1. The second-order valence-electron chi connectivity index (χ2n) is 5.51. The fourth-order valence-electron chi connectivity index (χ4n) is 2.44. The Kier molecular flexibility index (Phi) is 4.29. The molecule has 0 atom stereocenters. The van der Waals surface area contributed by atoms with E-state index in [1.165, 1.54) is 12.2 Å². The third-order valence-electron chi connectivity index (χ3n) is 3.62. The molecule has 0 aliphatic carbocycles. The zero-order valence-electron chi connectivity index (χ0n) is 13.4. The Hall–Kier alpha value is -3.15. The van der Waals surface area contributed by atoms with E-state index >= 15 is 0 Å². The molecule has 0 bridgehead atoms. The number of aromatic amines is 1. The fourth-order valence-corrected chi connectivity index (χ4v) is 2.44. The van der Waals surface area contributed by atoms with Crippen LogP contribution in [-0.4, -0.2) is 15.9 Å². The number of carbonyl (C=O) groups is 1. The van der Waals surface area contributed by atoms with Crippen molar-refractivity contribution in [3.63, 3.8) is 0 Å². The minimum absolute atomic E-state index is 0.165. The van der Waals surface area contributed by atoms with Crippen molar-refractivity contribution in [1.29, 1.82) is 0 Å². The molecular weight excluding hydrogens is 306 g/mol. The minimum Gasteiger partial charge on any atom is -0.437 e. The maximum atomic E-state index is 11.9. The highest BCUT2D eigenvalue weighted by Crippen LogP contribution is 2.15. The van der Waals surface area contributed by atoms with Gasteiger partial charge in [0, 0.05) is 30.0 Å². The first-order valence-corrected chi connectivity index (χ1v) is 7.54. The first-order chi connectivity index (χ1) is 11.5. The predicted octanol–water partition coefficient (Wildman–Crippen LogP) is 2.46. The van der Waals surface area contributed by atoms with Crippen LogP contribution in [0, 0.1) is 13.8 Å². The van der Waals surface area contributed by atoms with Gasteiger partial charge in [0.15, 0.2) is 5.58 Å².